The molecule has 5 rings (SSSR count). The molecule has 0 spiro atoms. The molecule has 34 heavy (non-hydrogen) atoms. The molecular weight excluding hydrogens is 436 g/mol. The number of aryl methyl sites for hydroxylation is 1. The SMILES string of the molecule is Cc1ccc2c(-c3ccccc3)c(SCC(=O)Nc3ccccc3)c(-c3ccccc3)nc2c1. The van der Waals surface area contributed by atoms with Crippen LogP contribution in [0.1, 0.15) is 5.56 Å². The Bertz CT molecular complexity index is 1440. The van der Waals surface area contributed by atoms with Gasteiger partial charge in [0.15, 0.2) is 0 Å². The van der Waals surface area contributed by atoms with Crippen LogP contribution in [0.2, 0.25) is 0 Å². The van der Waals surface area contributed by atoms with Gasteiger partial charge in [0.1, 0.15) is 0 Å². The zero-order valence-corrected chi connectivity index (χ0v) is 19.7. The molecule has 0 unspecified atom stereocenters. The summed E-state index contributed by atoms with van der Waals surface area (Å²) in [6.45, 7) is 2.09. The zero-order valence-electron chi connectivity index (χ0n) is 18.9. The fourth-order valence-corrected chi connectivity index (χ4v) is 5.06. The Morgan fingerprint density at radius 3 is 2.09 bits per heavy atom. The summed E-state index contributed by atoms with van der Waals surface area (Å²) in [5.41, 5.74) is 7.08. The fourth-order valence-electron chi connectivity index (χ4n) is 4.04. The molecule has 0 aliphatic heterocycles. The number of fused-ring (bicyclic) bond motifs is 1. The summed E-state index contributed by atoms with van der Waals surface area (Å²) in [6.07, 6.45) is 0. The van der Waals surface area contributed by atoms with E-state index in [2.05, 4.69) is 66.8 Å². The predicted molar refractivity (Wildman–Crippen MR) is 143 cm³/mol. The third-order valence-corrected chi connectivity index (χ3v) is 6.70. The first kappa shape index (κ1) is 21.9. The maximum Gasteiger partial charge on any atom is 0.234 e. The number of amides is 1. The highest BCUT2D eigenvalue weighted by atomic mass is 32.2. The molecule has 1 amide bonds. The van der Waals surface area contributed by atoms with Gasteiger partial charge in [0.2, 0.25) is 5.91 Å². The number of carbonyl (C=O) groups is 1. The van der Waals surface area contributed by atoms with Crippen LogP contribution in [0.25, 0.3) is 33.3 Å². The first-order valence-electron chi connectivity index (χ1n) is 11.2. The number of thioether (sulfide) groups is 1. The number of hydrogen-bond acceptors (Lipinski definition) is 3. The Morgan fingerprint density at radius 2 is 1.41 bits per heavy atom. The molecule has 1 aromatic heterocycles. The molecule has 0 fully saturated rings. The van der Waals surface area contributed by atoms with E-state index in [-0.39, 0.29) is 11.7 Å². The van der Waals surface area contributed by atoms with Crippen LogP contribution in [0, 0.1) is 6.92 Å². The van der Waals surface area contributed by atoms with Crippen molar-refractivity contribution in [1.29, 1.82) is 0 Å². The van der Waals surface area contributed by atoms with Crippen molar-refractivity contribution in [2.45, 2.75) is 11.8 Å². The Labute approximate surface area is 203 Å². The standard InChI is InChI=1S/C30H24N2OS/c1-21-17-18-25-26(19-21)32-29(23-13-7-3-8-14-23)30(28(25)22-11-5-2-6-12-22)34-20-27(33)31-24-15-9-4-10-16-24/h2-19H,20H2,1H3,(H,31,33). The lowest BCUT2D eigenvalue weighted by atomic mass is 9.97. The second-order valence-electron chi connectivity index (χ2n) is 8.12. The van der Waals surface area contributed by atoms with Crippen LogP contribution in [-0.4, -0.2) is 16.6 Å². The Kier molecular flexibility index (Phi) is 6.41. The first-order chi connectivity index (χ1) is 16.7. The largest absolute Gasteiger partial charge is 0.325 e. The minimum absolute atomic E-state index is 0.0433. The van der Waals surface area contributed by atoms with Crippen molar-refractivity contribution >= 4 is 34.3 Å². The molecule has 0 radical (unpaired) electrons. The second-order valence-corrected chi connectivity index (χ2v) is 9.11. The number of carbonyl (C=O) groups excluding carboxylic acids is 1. The van der Waals surface area contributed by atoms with Gasteiger partial charge in [-0.3, -0.25) is 4.79 Å². The summed E-state index contributed by atoms with van der Waals surface area (Å²) in [5.74, 6) is 0.242. The molecule has 0 atom stereocenters. The minimum atomic E-state index is -0.0433. The number of rotatable bonds is 6. The van der Waals surface area contributed by atoms with E-state index in [0.717, 1.165) is 43.9 Å². The van der Waals surface area contributed by atoms with Gasteiger partial charge in [-0.2, -0.15) is 0 Å². The van der Waals surface area contributed by atoms with Crippen molar-refractivity contribution in [3.63, 3.8) is 0 Å². The van der Waals surface area contributed by atoms with Gasteiger partial charge in [0.25, 0.3) is 0 Å². The maximum atomic E-state index is 12.8. The van der Waals surface area contributed by atoms with E-state index >= 15 is 0 Å². The maximum absolute atomic E-state index is 12.8. The van der Waals surface area contributed by atoms with Gasteiger partial charge in [-0.05, 0) is 36.2 Å². The molecule has 4 heteroatoms. The lowest BCUT2D eigenvalue weighted by Gasteiger charge is -2.18. The topological polar surface area (TPSA) is 42.0 Å². The number of anilines is 1. The van der Waals surface area contributed by atoms with Crippen LogP contribution in [-0.2, 0) is 4.79 Å². The van der Waals surface area contributed by atoms with Crippen molar-refractivity contribution in [3.05, 3.63) is 115 Å². The number of para-hydroxylation sites is 1. The molecule has 1 heterocycles. The normalized spacial score (nSPS) is 10.9. The lowest BCUT2D eigenvalue weighted by molar-refractivity contribution is -0.113. The molecule has 0 aliphatic carbocycles. The number of nitrogens with zero attached hydrogens (tertiary/aromatic N) is 1. The number of benzene rings is 4. The van der Waals surface area contributed by atoms with Crippen molar-refractivity contribution in [1.82, 2.24) is 4.98 Å². The first-order valence-corrected chi connectivity index (χ1v) is 12.2. The summed E-state index contributed by atoms with van der Waals surface area (Å²) in [4.78, 5) is 19.0. The van der Waals surface area contributed by atoms with Gasteiger partial charge >= 0.3 is 0 Å². The number of hydrogen-bond donors (Lipinski definition) is 1. The molecule has 0 saturated carbocycles. The minimum Gasteiger partial charge on any atom is -0.325 e. The number of pyridine rings is 1. The molecule has 3 nitrogen and oxygen atoms in total. The molecule has 5 aromatic rings. The smallest absolute Gasteiger partial charge is 0.234 e. The number of nitrogens with one attached hydrogen (secondary N) is 1. The molecule has 166 valence electrons. The van der Waals surface area contributed by atoms with Gasteiger partial charge < -0.3 is 5.32 Å². The van der Waals surface area contributed by atoms with E-state index in [1.165, 1.54) is 17.3 Å². The third kappa shape index (κ3) is 4.73. The lowest BCUT2D eigenvalue weighted by Crippen LogP contribution is -2.14. The van der Waals surface area contributed by atoms with Crippen LogP contribution in [0.4, 0.5) is 5.69 Å². The van der Waals surface area contributed by atoms with Crippen molar-refractivity contribution < 1.29 is 4.79 Å². The zero-order chi connectivity index (χ0) is 23.3. The van der Waals surface area contributed by atoms with Crippen LogP contribution < -0.4 is 5.32 Å². The second kappa shape index (κ2) is 9.94. The van der Waals surface area contributed by atoms with Gasteiger partial charge in [0.05, 0.1) is 17.0 Å². The quantitative estimate of drug-likeness (QED) is 0.265. The van der Waals surface area contributed by atoms with E-state index < -0.39 is 0 Å². The Morgan fingerprint density at radius 1 is 0.794 bits per heavy atom. The highest BCUT2D eigenvalue weighted by Gasteiger charge is 2.19. The van der Waals surface area contributed by atoms with Crippen molar-refractivity contribution in [2.24, 2.45) is 0 Å². The van der Waals surface area contributed by atoms with Crippen LogP contribution in [0.15, 0.2) is 114 Å². The molecule has 4 aromatic carbocycles. The van der Waals surface area contributed by atoms with Crippen LogP contribution in [0.3, 0.4) is 0 Å². The van der Waals surface area contributed by atoms with Gasteiger partial charge in [-0.25, -0.2) is 4.98 Å². The highest BCUT2D eigenvalue weighted by molar-refractivity contribution is 8.00. The average Bonchev–Trinajstić information content (AvgIpc) is 2.88. The van der Waals surface area contributed by atoms with Gasteiger partial charge in [-0.1, -0.05) is 91.0 Å². The predicted octanol–water partition coefficient (Wildman–Crippen LogP) is 7.61. The van der Waals surface area contributed by atoms with E-state index in [1.807, 2.05) is 54.6 Å². The van der Waals surface area contributed by atoms with E-state index in [0.29, 0.717) is 0 Å². The third-order valence-electron chi connectivity index (χ3n) is 5.61. The summed E-state index contributed by atoms with van der Waals surface area (Å²) in [5, 5.41) is 4.08. The van der Waals surface area contributed by atoms with E-state index in [4.69, 9.17) is 4.98 Å². The Balaban J connectivity index is 1.64. The number of aromatic nitrogens is 1. The van der Waals surface area contributed by atoms with Crippen molar-refractivity contribution in [2.75, 3.05) is 11.1 Å². The monoisotopic (exact) mass is 460 g/mol. The molecule has 0 aliphatic rings. The molecular formula is C30H24N2OS. The van der Waals surface area contributed by atoms with Crippen LogP contribution in [0.5, 0.6) is 0 Å². The summed E-state index contributed by atoms with van der Waals surface area (Å²) in [6, 6.07) is 36.5. The van der Waals surface area contributed by atoms with Crippen LogP contribution >= 0.6 is 11.8 Å². The summed E-state index contributed by atoms with van der Waals surface area (Å²) < 4.78 is 0. The van der Waals surface area contributed by atoms with E-state index in [9.17, 15) is 4.79 Å². The molecule has 1 N–H and O–H groups in total. The average molecular weight is 461 g/mol. The van der Waals surface area contributed by atoms with Gasteiger partial charge in [-0.15, -0.1) is 11.8 Å². The Hall–Kier alpha value is -3.89. The fraction of sp³-hybridized carbons (Fsp3) is 0.0667. The highest BCUT2D eigenvalue weighted by Crippen LogP contribution is 2.42. The molecule has 0 bridgehead atoms. The van der Waals surface area contributed by atoms with E-state index in [1.54, 1.807) is 0 Å². The van der Waals surface area contributed by atoms with Crippen molar-refractivity contribution in [3.8, 4) is 22.4 Å². The summed E-state index contributed by atoms with van der Waals surface area (Å²) >= 11 is 1.54. The van der Waals surface area contributed by atoms with Gasteiger partial charge in [0, 0.05) is 27.1 Å². The summed E-state index contributed by atoms with van der Waals surface area (Å²) in [7, 11) is 0. The molecule has 0 saturated heterocycles.